The quantitative estimate of drug-likeness (QED) is 0.835. The van der Waals surface area contributed by atoms with Crippen molar-refractivity contribution in [3.05, 3.63) is 22.8 Å². The molecule has 0 atom stereocenters. The van der Waals surface area contributed by atoms with E-state index in [4.69, 9.17) is 16.1 Å². The minimum atomic E-state index is -0.116. The molecule has 2 N–H and O–H groups in total. The maximum absolute atomic E-state index is 11.8. The molecule has 0 saturated heterocycles. The number of amides is 1. The lowest BCUT2D eigenvalue weighted by atomic mass is 9.89. The van der Waals surface area contributed by atoms with Crippen LogP contribution >= 0.6 is 11.6 Å². The maximum Gasteiger partial charge on any atom is 0.246 e. The Hall–Kier alpha value is -1.96. The number of carbonyl (C=O) groups is 1. The van der Waals surface area contributed by atoms with Gasteiger partial charge in [-0.2, -0.15) is 4.98 Å². The Morgan fingerprint density at radius 3 is 2.87 bits per heavy atom. The number of rotatable bonds is 6. The van der Waals surface area contributed by atoms with E-state index in [1.54, 1.807) is 0 Å². The van der Waals surface area contributed by atoms with Gasteiger partial charge in [0.25, 0.3) is 0 Å². The summed E-state index contributed by atoms with van der Waals surface area (Å²) in [5.74, 6) is 2.08. The van der Waals surface area contributed by atoms with Gasteiger partial charge >= 0.3 is 0 Å². The van der Waals surface area contributed by atoms with Crippen molar-refractivity contribution >= 4 is 17.5 Å². The van der Waals surface area contributed by atoms with Crippen molar-refractivity contribution in [1.82, 2.24) is 30.6 Å². The number of H-pyrrole nitrogens is 1. The molecular weight excluding hydrogens is 320 g/mol. The van der Waals surface area contributed by atoms with Crippen LogP contribution in [0.4, 0.5) is 0 Å². The lowest BCUT2D eigenvalue weighted by molar-refractivity contribution is -0.121. The van der Waals surface area contributed by atoms with Crippen LogP contribution in [0.25, 0.3) is 0 Å². The van der Waals surface area contributed by atoms with Crippen LogP contribution in [0.2, 0.25) is 5.28 Å². The van der Waals surface area contributed by atoms with Crippen LogP contribution in [0, 0.1) is 0 Å². The largest absolute Gasteiger partial charge is 0.347 e. The topological polar surface area (TPSA) is 110 Å². The van der Waals surface area contributed by atoms with Crippen molar-refractivity contribution in [2.45, 2.75) is 57.4 Å². The fourth-order valence-electron chi connectivity index (χ4n) is 2.74. The maximum atomic E-state index is 11.8. The van der Waals surface area contributed by atoms with Gasteiger partial charge in [-0.15, -0.1) is 5.10 Å². The molecule has 23 heavy (non-hydrogen) atoms. The Morgan fingerprint density at radius 2 is 2.13 bits per heavy atom. The number of aryl methyl sites for hydroxylation is 1. The van der Waals surface area contributed by atoms with E-state index in [2.05, 4.69) is 30.6 Å². The van der Waals surface area contributed by atoms with Crippen LogP contribution in [-0.2, 0) is 17.8 Å². The summed E-state index contributed by atoms with van der Waals surface area (Å²) in [6.07, 6.45) is 6.69. The predicted molar refractivity (Wildman–Crippen MR) is 81.7 cm³/mol. The highest BCUT2D eigenvalue weighted by Crippen LogP contribution is 2.30. The van der Waals surface area contributed by atoms with Gasteiger partial charge in [-0.25, -0.2) is 4.98 Å². The summed E-state index contributed by atoms with van der Waals surface area (Å²) in [4.78, 5) is 20.1. The van der Waals surface area contributed by atoms with Gasteiger partial charge in [0, 0.05) is 18.8 Å². The van der Waals surface area contributed by atoms with Crippen LogP contribution in [0.15, 0.2) is 4.52 Å². The van der Waals surface area contributed by atoms with E-state index in [9.17, 15) is 4.79 Å². The molecule has 2 heterocycles. The van der Waals surface area contributed by atoms with Gasteiger partial charge < -0.3 is 9.84 Å². The Labute approximate surface area is 138 Å². The van der Waals surface area contributed by atoms with E-state index in [0.717, 1.165) is 18.7 Å². The molecule has 9 heteroatoms. The molecule has 8 nitrogen and oxygen atoms in total. The molecule has 0 bridgehead atoms. The first-order chi connectivity index (χ1) is 11.2. The average molecular weight is 339 g/mol. The van der Waals surface area contributed by atoms with Crippen LogP contribution < -0.4 is 5.32 Å². The van der Waals surface area contributed by atoms with E-state index >= 15 is 0 Å². The summed E-state index contributed by atoms with van der Waals surface area (Å²) in [5.41, 5.74) is 0. The first kappa shape index (κ1) is 15.9. The van der Waals surface area contributed by atoms with E-state index in [1.165, 1.54) is 19.3 Å². The standard InChI is InChI=1S/C14H19ClN6O2/c15-14-17-10(19-20-14)6-7-11(22)16-8-12-18-13(21-23-12)9-4-2-1-3-5-9/h9H,1-8H2,(H,16,22)(H,17,19,20). The third-order valence-corrected chi connectivity index (χ3v) is 4.15. The van der Waals surface area contributed by atoms with Crippen molar-refractivity contribution in [3.8, 4) is 0 Å². The van der Waals surface area contributed by atoms with Gasteiger partial charge in [-0.1, -0.05) is 24.4 Å². The Morgan fingerprint density at radius 1 is 1.30 bits per heavy atom. The molecule has 1 fully saturated rings. The van der Waals surface area contributed by atoms with Crippen molar-refractivity contribution in [2.75, 3.05) is 0 Å². The summed E-state index contributed by atoms with van der Waals surface area (Å²) in [5, 5.41) is 13.3. The minimum Gasteiger partial charge on any atom is -0.347 e. The summed E-state index contributed by atoms with van der Waals surface area (Å²) >= 11 is 5.60. The molecule has 3 rings (SSSR count). The number of nitrogens with one attached hydrogen (secondary N) is 2. The highest BCUT2D eigenvalue weighted by atomic mass is 35.5. The van der Waals surface area contributed by atoms with Crippen molar-refractivity contribution < 1.29 is 9.32 Å². The second-order valence-electron chi connectivity index (χ2n) is 5.71. The molecule has 1 aliphatic carbocycles. The van der Waals surface area contributed by atoms with Crippen molar-refractivity contribution in [3.63, 3.8) is 0 Å². The van der Waals surface area contributed by atoms with Gasteiger partial charge in [0.05, 0.1) is 6.54 Å². The molecule has 2 aromatic heterocycles. The molecule has 124 valence electrons. The predicted octanol–water partition coefficient (Wildman–Crippen LogP) is 2.14. The number of halogens is 1. The van der Waals surface area contributed by atoms with Crippen molar-refractivity contribution in [1.29, 1.82) is 0 Å². The number of carbonyl (C=O) groups excluding carboxylic acids is 1. The Balaban J connectivity index is 1.42. The third kappa shape index (κ3) is 4.51. The fourth-order valence-corrected chi connectivity index (χ4v) is 2.89. The highest BCUT2D eigenvalue weighted by molar-refractivity contribution is 6.28. The van der Waals surface area contributed by atoms with E-state index < -0.39 is 0 Å². The zero-order valence-electron chi connectivity index (χ0n) is 12.7. The van der Waals surface area contributed by atoms with Crippen molar-refractivity contribution in [2.24, 2.45) is 0 Å². The van der Waals surface area contributed by atoms with Gasteiger partial charge in [0.2, 0.25) is 17.1 Å². The lowest BCUT2D eigenvalue weighted by Crippen LogP contribution is -2.23. The molecule has 0 radical (unpaired) electrons. The Kier molecular flexibility index (Phi) is 5.22. The van der Waals surface area contributed by atoms with E-state index in [1.807, 2.05) is 0 Å². The van der Waals surface area contributed by atoms with Crippen LogP contribution in [0.5, 0.6) is 0 Å². The Bertz CT molecular complexity index is 649. The zero-order valence-corrected chi connectivity index (χ0v) is 13.5. The average Bonchev–Trinajstić information content (AvgIpc) is 3.21. The molecule has 0 spiro atoms. The second kappa shape index (κ2) is 7.54. The first-order valence-corrected chi connectivity index (χ1v) is 8.24. The second-order valence-corrected chi connectivity index (χ2v) is 6.05. The monoisotopic (exact) mass is 338 g/mol. The minimum absolute atomic E-state index is 0.116. The molecule has 1 aliphatic rings. The molecule has 1 amide bonds. The van der Waals surface area contributed by atoms with Gasteiger partial charge in [-0.3, -0.25) is 9.89 Å². The van der Waals surface area contributed by atoms with Crippen LogP contribution in [0.1, 0.15) is 62.0 Å². The van der Waals surface area contributed by atoms with Crippen LogP contribution in [-0.4, -0.2) is 31.2 Å². The van der Waals surface area contributed by atoms with E-state index in [0.29, 0.717) is 24.1 Å². The molecule has 1 saturated carbocycles. The van der Waals surface area contributed by atoms with Crippen LogP contribution in [0.3, 0.4) is 0 Å². The molecular formula is C14H19ClN6O2. The molecule has 0 aromatic carbocycles. The molecule has 0 unspecified atom stereocenters. The number of aromatic nitrogens is 5. The van der Waals surface area contributed by atoms with Gasteiger partial charge in [0.1, 0.15) is 5.82 Å². The summed E-state index contributed by atoms with van der Waals surface area (Å²) in [7, 11) is 0. The fraction of sp³-hybridized carbons (Fsp3) is 0.643. The number of nitrogens with zero attached hydrogens (tertiary/aromatic N) is 4. The SMILES string of the molecule is O=C(CCc1nc(Cl)n[nH]1)NCc1nc(C2CCCCC2)no1. The number of hydrogen-bond donors (Lipinski definition) is 2. The normalized spacial score (nSPS) is 15.7. The summed E-state index contributed by atoms with van der Waals surface area (Å²) < 4.78 is 5.21. The molecule has 2 aromatic rings. The van der Waals surface area contributed by atoms with Gasteiger partial charge in [-0.05, 0) is 24.4 Å². The molecule has 0 aliphatic heterocycles. The van der Waals surface area contributed by atoms with Gasteiger partial charge in [0.15, 0.2) is 5.82 Å². The number of hydrogen-bond acceptors (Lipinski definition) is 6. The lowest BCUT2D eigenvalue weighted by Gasteiger charge is -2.17. The summed E-state index contributed by atoms with van der Waals surface area (Å²) in [6, 6.07) is 0. The first-order valence-electron chi connectivity index (χ1n) is 7.86. The summed E-state index contributed by atoms with van der Waals surface area (Å²) in [6.45, 7) is 0.246. The smallest absolute Gasteiger partial charge is 0.246 e. The highest BCUT2D eigenvalue weighted by Gasteiger charge is 2.20. The zero-order chi connectivity index (χ0) is 16.1. The third-order valence-electron chi connectivity index (χ3n) is 3.98. The van der Waals surface area contributed by atoms with E-state index in [-0.39, 0.29) is 24.2 Å². The number of aromatic amines is 1.